The summed E-state index contributed by atoms with van der Waals surface area (Å²) < 4.78 is 16.6. The van der Waals surface area contributed by atoms with Gasteiger partial charge in [0, 0.05) is 0 Å². The fourth-order valence-corrected chi connectivity index (χ4v) is 2.68. The Hall–Kier alpha value is -0.710. The summed E-state index contributed by atoms with van der Waals surface area (Å²) in [5.41, 5.74) is 1.83. The Labute approximate surface area is 121 Å². The van der Waals surface area contributed by atoms with E-state index in [1.165, 1.54) is 0 Å². The summed E-state index contributed by atoms with van der Waals surface area (Å²) in [4.78, 5) is 20.2. The summed E-state index contributed by atoms with van der Waals surface area (Å²) in [5.74, 6) is 0.245. The molecule has 0 spiro atoms. The molecule has 114 valence electrons. The van der Waals surface area contributed by atoms with Gasteiger partial charge in [-0.05, 0) is 17.0 Å². The predicted molar refractivity (Wildman–Crippen MR) is 77.1 cm³/mol. The standard InChI is InChI=1S/C14H24NO4P/c1-11(2)12-8-6-7-9-13(12)14(10-15(3,4)5)19-20(16,17)18/h6-9,11,14H,10H2,1-5H3,(H-,16,17,18). The van der Waals surface area contributed by atoms with Crippen LogP contribution in [0.15, 0.2) is 24.3 Å². The SMILES string of the molecule is CC(C)c1ccccc1C(C[N+](C)(C)C)OP(=O)([O-])O. The van der Waals surface area contributed by atoms with Crippen LogP contribution < -0.4 is 4.89 Å². The Morgan fingerprint density at radius 1 is 1.25 bits per heavy atom. The molecule has 0 aliphatic carbocycles. The van der Waals surface area contributed by atoms with Crippen molar-refractivity contribution in [2.24, 2.45) is 0 Å². The third-order valence-corrected chi connectivity index (χ3v) is 3.46. The third-order valence-electron chi connectivity index (χ3n) is 2.94. The first-order valence-corrected chi connectivity index (χ1v) is 8.10. The van der Waals surface area contributed by atoms with E-state index in [4.69, 9.17) is 9.42 Å². The van der Waals surface area contributed by atoms with E-state index >= 15 is 0 Å². The zero-order valence-corrected chi connectivity index (χ0v) is 13.6. The lowest BCUT2D eigenvalue weighted by molar-refractivity contribution is -0.874. The number of likely N-dealkylation sites (N-methyl/N-ethyl adjacent to an activating group) is 1. The fraction of sp³-hybridized carbons (Fsp3) is 0.571. The van der Waals surface area contributed by atoms with Crippen LogP contribution in [0.3, 0.4) is 0 Å². The quantitative estimate of drug-likeness (QED) is 0.645. The highest BCUT2D eigenvalue weighted by Crippen LogP contribution is 2.40. The molecule has 1 aromatic rings. The van der Waals surface area contributed by atoms with Crippen LogP contribution in [0, 0.1) is 0 Å². The Morgan fingerprint density at radius 3 is 2.15 bits per heavy atom. The number of phosphoric acid groups is 1. The van der Waals surface area contributed by atoms with E-state index in [2.05, 4.69) is 0 Å². The van der Waals surface area contributed by atoms with Crippen LogP contribution in [0.2, 0.25) is 0 Å². The van der Waals surface area contributed by atoms with E-state index in [1.54, 1.807) is 0 Å². The van der Waals surface area contributed by atoms with Gasteiger partial charge in [-0.25, -0.2) is 0 Å². The van der Waals surface area contributed by atoms with Crippen LogP contribution in [-0.4, -0.2) is 37.1 Å². The molecule has 1 N–H and O–H groups in total. The second-order valence-electron chi connectivity index (χ2n) is 6.32. The maximum atomic E-state index is 11.1. The molecule has 2 atom stereocenters. The van der Waals surface area contributed by atoms with Crippen molar-refractivity contribution >= 4 is 7.82 Å². The second kappa shape index (κ2) is 6.37. The van der Waals surface area contributed by atoms with Crippen molar-refractivity contribution < 1.29 is 23.4 Å². The topological polar surface area (TPSA) is 69.6 Å². The summed E-state index contributed by atoms with van der Waals surface area (Å²) in [7, 11) is 1.05. The zero-order valence-electron chi connectivity index (χ0n) is 12.7. The van der Waals surface area contributed by atoms with Crippen LogP contribution in [0.5, 0.6) is 0 Å². The van der Waals surface area contributed by atoms with Crippen LogP contribution in [-0.2, 0) is 9.09 Å². The molecule has 0 bridgehead atoms. The summed E-state index contributed by atoms with van der Waals surface area (Å²) in [6, 6.07) is 7.57. The van der Waals surface area contributed by atoms with Gasteiger partial charge >= 0.3 is 0 Å². The maximum absolute atomic E-state index is 11.1. The smallest absolute Gasteiger partial charge is 0.266 e. The molecular weight excluding hydrogens is 277 g/mol. The van der Waals surface area contributed by atoms with E-state index in [9.17, 15) is 9.46 Å². The lowest BCUT2D eigenvalue weighted by atomic mass is 9.94. The number of phosphoric ester groups is 1. The summed E-state index contributed by atoms with van der Waals surface area (Å²) in [6.07, 6.45) is -0.693. The van der Waals surface area contributed by atoms with Gasteiger partial charge in [-0.15, -0.1) is 0 Å². The van der Waals surface area contributed by atoms with Crippen LogP contribution in [0.4, 0.5) is 0 Å². The largest absolute Gasteiger partial charge is 0.756 e. The first-order valence-electron chi connectivity index (χ1n) is 6.61. The molecule has 20 heavy (non-hydrogen) atoms. The number of hydrogen-bond acceptors (Lipinski definition) is 3. The van der Waals surface area contributed by atoms with Gasteiger partial charge in [0.1, 0.15) is 12.6 Å². The molecule has 2 unspecified atom stereocenters. The van der Waals surface area contributed by atoms with E-state index < -0.39 is 13.9 Å². The van der Waals surface area contributed by atoms with Crippen molar-refractivity contribution in [1.29, 1.82) is 0 Å². The Kier molecular flexibility index (Phi) is 5.53. The fourth-order valence-electron chi connectivity index (χ4n) is 2.18. The molecule has 6 heteroatoms. The highest BCUT2D eigenvalue weighted by molar-refractivity contribution is 7.44. The maximum Gasteiger partial charge on any atom is 0.266 e. The minimum Gasteiger partial charge on any atom is -0.756 e. The van der Waals surface area contributed by atoms with Gasteiger partial charge in [0.2, 0.25) is 0 Å². The monoisotopic (exact) mass is 301 g/mol. The first kappa shape index (κ1) is 17.3. The van der Waals surface area contributed by atoms with E-state index in [1.807, 2.05) is 59.3 Å². The Morgan fingerprint density at radius 2 is 1.75 bits per heavy atom. The molecule has 1 rings (SSSR count). The highest BCUT2D eigenvalue weighted by atomic mass is 31.2. The van der Waals surface area contributed by atoms with Crippen molar-refractivity contribution in [3.05, 3.63) is 35.4 Å². The van der Waals surface area contributed by atoms with Crippen molar-refractivity contribution in [1.82, 2.24) is 0 Å². The molecule has 0 aliphatic rings. The Bertz CT molecular complexity index is 490. The lowest BCUT2D eigenvalue weighted by Gasteiger charge is -2.32. The zero-order chi connectivity index (χ0) is 15.6. The minimum absolute atomic E-state index is 0.245. The van der Waals surface area contributed by atoms with Gasteiger partial charge in [0.25, 0.3) is 7.82 Å². The highest BCUT2D eigenvalue weighted by Gasteiger charge is 2.26. The van der Waals surface area contributed by atoms with Crippen molar-refractivity contribution in [3.63, 3.8) is 0 Å². The van der Waals surface area contributed by atoms with Gasteiger partial charge in [-0.3, -0.25) is 4.57 Å². The van der Waals surface area contributed by atoms with Crippen molar-refractivity contribution in [2.75, 3.05) is 27.7 Å². The van der Waals surface area contributed by atoms with Gasteiger partial charge in [0.15, 0.2) is 0 Å². The summed E-state index contributed by atoms with van der Waals surface area (Å²) in [5, 5.41) is 0. The molecule has 0 radical (unpaired) electrons. The molecule has 0 aliphatic heterocycles. The molecule has 0 saturated heterocycles. The second-order valence-corrected chi connectivity index (χ2v) is 7.47. The molecule has 0 fully saturated rings. The van der Waals surface area contributed by atoms with E-state index in [0.29, 0.717) is 11.0 Å². The van der Waals surface area contributed by atoms with Gasteiger partial charge in [0.05, 0.1) is 21.1 Å². The van der Waals surface area contributed by atoms with Gasteiger partial charge in [-0.2, -0.15) is 0 Å². The molecule has 0 amide bonds. The van der Waals surface area contributed by atoms with Gasteiger partial charge in [-0.1, -0.05) is 38.1 Å². The molecular formula is C14H24NO4P. The minimum atomic E-state index is -4.78. The molecule has 0 saturated carbocycles. The summed E-state index contributed by atoms with van der Waals surface area (Å²) >= 11 is 0. The number of nitrogens with zero attached hydrogens (tertiary/aromatic N) is 1. The average Bonchev–Trinajstić information content (AvgIpc) is 2.24. The number of hydrogen-bond donors (Lipinski definition) is 1. The molecule has 5 nitrogen and oxygen atoms in total. The molecule has 1 aromatic carbocycles. The van der Waals surface area contributed by atoms with Crippen molar-refractivity contribution in [2.45, 2.75) is 25.9 Å². The normalized spacial score (nSPS) is 17.0. The third kappa shape index (κ3) is 5.73. The van der Waals surface area contributed by atoms with Crippen molar-refractivity contribution in [3.8, 4) is 0 Å². The average molecular weight is 301 g/mol. The lowest BCUT2D eigenvalue weighted by Crippen LogP contribution is -2.39. The summed E-state index contributed by atoms with van der Waals surface area (Å²) in [6.45, 7) is 4.52. The van der Waals surface area contributed by atoms with Gasteiger partial charge < -0.3 is 18.8 Å². The first-order chi connectivity index (χ1) is 8.99. The van der Waals surface area contributed by atoms with E-state index in [0.717, 1.165) is 11.1 Å². The van der Waals surface area contributed by atoms with Crippen LogP contribution in [0.1, 0.15) is 37.0 Å². The predicted octanol–water partition coefficient (Wildman–Crippen LogP) is 2.03. The van der Waals surface area contributed by atoms with Crippen LogP contribution in [0.25, 0.3) is 0 Å². The number of quaternary nitrogens is 1. The molecule has 0 aromatic heterocycles. The Balaban J connectivity index is 3.20. The van der Waals surface area contributed by atoms with Crippen LogP contribution >= 0.6 is 7.82 Å². The number of rotatable bonds is 6. The number of benzene rings is 1. The van der Waals surface area contributed by atoms with E-state index in [-0.39, 0.29) is 5.92 Å². The molecule has 0 heterocycles.